The Kier molecular flexibility index (Phi) is 10.3. The van der Waals surface area contributed by atoms with Gasteiger partial charge < -0.3 is 19.4 Å². The van der Waals surface area contributed by atoms with E-state index in [1.165, 1.54) is 5.56 Å². The van der Waals surface area contributed by atoms with Crippen LogP contribution in [0.5, 0.6) is 5.75 Å². The van der Waals surface area contributed by atoms with Gasteiger partial charge in [0, 0.05) is 47.2 Å². The highest BCUT2D eigenvalue weighted by Crippen LogP contribution is 2.51. The Hall–Kier alpha value is -2.73. The van der Waals surface area contributed by atoms with E-state index in [2.05, 4.69) is 108 Å². The summed E-state index contributed by atoms with van der Waals surface area (Å²) in [6, 6.07) is 22.1. The van der Waals surface area contributed by atoms with Crippen molar-refractivity contribution in [3.8, 4) is 5.75 Å². The Morgan fingerprint density at radius 2 is 1.32 bits per heavy atom. The molecule has 1 heterocycles. The summed E-state index contributed by atoms with van der Waals surface area (Å²) < 4.78 is 6.31. The van der Waals surface area contributed by atoms with E-state index >= 15 is 4.79 Å². The molecule has 0 N–H and O–H groups in total. The van der Waals surface area contributed by atoms with Crippen LogP contribution in [0.1, 0.15) is 83.7 Å². The second kappa shape index (κ2) is 13.3. The molecule has 3 aromatic rings. The van der Waals surface area contributed by atoms with Crippen LogP contribution in [0.15, 0.2) is 66.7 Å². The number of carbonyl (C=O) groups excluding carboxylic acids is 1. The van der Waals surface area contributed by atoms with E-state index < -0.39 is 11.0 Å². The highest BCUT2D eigenvalue weighted by Gasteiger charge is 2.53. The largest absolute Gasteiger partial charge is 0.494 e. The number of amides is 2. The number of hydrogen-bond donors (Lipinski definition) is 0. The van der Waals surface area contributed by atoms with Crippen molar-refractivity contribution in [1.82, 2.24) is 14.7 Å². The molecule has 7 heteroatoms. The summed E-state index contributed by atoms with van der Waals surface area (Å²) in [5, 5.41) is 1.33. The van der Waals surface area contributed by atoms with Crippen LogP contribution in [0, 0.1) is 0 Å². The van der Waals surface area contributed by atoms with E-state index in [0.29, 0.717) is 29.7 Å². The summed E-state index contributed by atoms with van der Waals surface area (Å²) in [5.41, 5.74) is 2.83. The second-order valence-corrected chi connectivity index (χ2v) is 14.6. The van der Waals surface area contributed by atoms with Crippen molar-refractivity contribution < 1.29 is 9.53 Å². The van der Waals surface area contributed by atoms with Gasteiger partial charge in [-0.05, 0) is 80.3 Å². The fourth-order valence-electron chi connectivity index (χ4n) is 6.38. The van der Waals surface area contributed by atoms with Crippen molar-refractivity contribution in [2.24, 2.45) is 0 Å². The molecule has 3 aromatic carbocycles. The maximum absolute atomic E-state index is 15.1. The smallest absolute Gasteiger partial charge is 0.321 e. The fraction of sp³-hybridized carbons (Fsp3) is 0.486. The predicted octanol–water partition coefficient (Wildman–Crippen LogP) is 9.31. The number of nitrogens with zero attached hydrogens (tertiary/aromatic N) is 3. The number of benzene rings is 3. The highest BCUT2D eigenvalue weighted by atomic mass is 35.5. The topological polar surface area (TPSA) is 36.0 Å². The first-order chi connectivity index (χ1) is 20.6. The molecule has 0 spiro atoms. The van der Waals surface area contributed by atoms with Crippen LogP contribution in [0.2, 0.25) is 10.0 Å². The zero-order valence-corrected chi connectivity index (χ0v) is 29.4. The van der Waals surface area contributed by atoms with Gasteiger partial charge in [-0.3, -0.25) is 0 Å². The van der Waals surface area contributed by atoms with E-state index in [0.717, 1.165) is 35.5 Å². The van der Waals surface area contributed by atoms with Gasteiger partial charge in [0.25, 0.3) is 0 Å². The quantitative estimate of drug-likeness (QED) is 0.247. The van der Waals surface area contributed by atoms with E-state index in [1.54, 1.807) is 0 Å². The number of ether oxygens (including phenoxy) is 1. The van der Waals surface area contributed by atoms with Crippen LogP contribution in [-0.2, 0) is 16.4 Å². The molecule has 1 aliphatic rings. The molecule has 2 atom stereocenters. The molecule has 2 unspecified atom stereocenters. The Bertz CT molecular complexity index is 1420. The van der Waals surface area contributed by atoms with Crippen molar-refractivity contribution >= 4 is 29.2 Å². The minimum Gasteiger partial charge on any atom is -0.494 e. The normalized spacial score (nSPS) is 16.8. The van der Waals surface area contributed by atoms with Gasteiger partial charge in [0.2, 0.25) is 0 Å². The molecule has 0 aliphatic carbocycles. The molecular formula is C37H49Cl2N3O2. The molecule has 4 rings (SSSR count). The minimum absolute atomic E-state index is 0.00688. The number of piperazine rings is 1. The summed E-state index contributed by atoms with van der Waals surface area (Å²) in [7, 11) is 2.11. The lowest BCUT2D eigenvalue weighted by molar-refractivity contribution is 0.0133. The molecule has 2 amide bonds. The van der Waals surface area contributed by atoms with Crippen LogP contribution in [0.25, 0.3) is 0 Å². The molecule has 0 saturated carbocycles. The van der Waals surface area contributed by atoms with Crippen LogP contribution in [0.3, 0.4) is 0 Å². The Labute approximate surface area is 275 Å². The van der Waals surface area contributed by atoms with Crippen molar-refractivity contribution in [2.75, 3.05) is 39.8 Å². The number of rotatable bonds is 8. The minimum atomic E-state index is -0.822. The first-order valence-corrected chi connectivity index (χ1v) is 16.4. The zero-order valence-electron chi connectivity index (χ0n) is 27.9. The number of halogens is 2. The molecule has 44 heavy (non-hydrogen) atoms. The molecule has 0 bridgehead atoms. The lowest BCUT2D eigenvalue weighted by Crippen LogP contribution is -2.62. The molecule has 1 saturated heterocycles. The van der Waals surface area contributed by atoms with Gasteiger partial charge in [0.05, 0.1) is 18.2 Å². The summed E-state index contributed by atoms with van der Waals surface area (Å²) in [6.07, 6.45) is 0. The number of likely N-dealkylation sites (N-methyl/N-ethyl adjacent to an activating group) is 1. The molecular weight excluding hydrogens is 589 g/mol. The first kappa shape index (κ1) is 34.1. The van der Waals surface area contributed by atoms with Gasteiger partial charge in [-0.25, -0.2) is 4.79 Å². The molecule has 5 nitrogen and oxygen atoms in total. The van der Waals surface area contributed by atoms with Crippen molar-refractivity contribution in [3.63, 3.8) is 0 Å². The Morgan fingerprint density at radius 1 is 0.818 bits per heavy atom. The van der Waals surface area contributed by atoms with Crippen LogP contribution in [0.4, 0.5) is 4.79 Å². The van der Waals surface area contributed by atoms with Gasteiger partial charge in [-0.1, -0.05) is 94.2 Å². The van der Waals surface area contributed by atoms with E-state index in [-0.39, 0.29) is 17.5 Å². The third-order valence-corrected chi connectivity index (χ3v) is 10.2. The van der Waals surface area contributed by atoms with Gasteiger partial charge in [0.15, 0.2) is 0 Å². The SMILES string of the molecule is CCOc1cc(C(C)(C)C)ccc1C(C)N(C(=O)N1CCN(C)CC1)C(C)(c1ccc(Cl)cc1)C(C)(C)c1ccc(Cl)cc1. The van der Waals surface area contributed by atoms with Gasteiger partial charge in [0.1, 0.15) is 5.75 Å². The molecule has 0 radical (unpaired) electrons. The molecule has 238 valence electrons. The third-order valence-electron chi connectivity index (χ3n) is 9.67. The summed E-state index contributed by atoms with van der Waals surface area (Å²) >= 11 is 12.8. The lowest BCUT2D eigenvalue weighted by atomic mass is 9.64. The monoisotopic (exact) mass is 637 g/mol. The maximum atomic E-state index is 15.1. The third kappa shape index (κ3) is 6.76. The highest BCUT2D eigenvalue weighted by molar-refractivity contribution is 6.30. The summed E-state index contributed by atoms with van der Waals surface area (Å²) in [5.74, 6) is 0.811. The summed E-state index contributed by atoms with van der Waals surface area (Å²) in [4.78, 5) is 21.5. The van der Waals surface area contributed by atoms with E-state index in [1.807, 2.05) is 36.1 Å². The maximum Gasteiger partial charge on any atom is 0.321 e. The second-order valence-electron chi connectivity index (χ2n) is 13.8. The number of hydrogen-bond acceptors (Lipinski definition) is 3. The van der Waals surface area contributed by atoms with E-state index in [9.17, 15) is 0 Å². The van der Waals surface area contributed by atoms with E-state index in [4.69, 9.17) is 27.9 Å². The van der Waals surface area contributed by atoms with Gasteiger partial charge >= 0.3 is 6.03 Å². The van der Waals surface area contributed by atoms with Crippen LogP contribution in [-0.4, -0.2) is 60.6 Å². The Morgan fingerprint density at radius 3 is 1.82 bits per heavy atom. The predicted molar refractivity (Wildman–Crippen MR) is 184 cm³/mol. The fourth-order valence-corrected chi connectivity index (χ4v) is 6.64. The molecule has 1 fully saturated rings. The van der Waals surface area contributed by atoms with Crippen molar-refractivity contribution in [3.05, 3.63) is 99.0 Å². The zero-order chi connectivity index (χ0) is 32.4. The summed E-state index contributed by atoms with van der Waals surface area (Å²) in [6.45, 7) is 20.9. The average molecular weight is 639 g/mol. The first-order valence-electron chi connectivity index (χ1n) is 15.7. The molecule has 0 aromatic heterocycles. The van der Waals surface area contributed by atoms with Gasteiger partial charge in [-0.2, -0.15) is 0 Å². The van der Waals surface area contributed by atoms with Crippen LogP contribution >= 0.6 is 23.2 Å². The number of carbonyl (C=O) groups is 1. The molecule has 1 aliphatic heterocycles. The Balaban J connectivity index is 1.99. The van der Waals surface area contributed by atoms with Gasteiger partial charge in [-0.15, -0.1) is 0 Å². The van der Waals surface area contributed by atoms with Crippen molar-refractivity contribution in [2.45, 2.75) is 77.8 Å². The van der Waals surface area contributed by atoms with Crippen molar-refractivity contribution in [1.29, 1.82) is 0 Å². The number of urea groups is 1. The standard InChI is InChI=1S/C37H49Cl2N3O2/c1-10-44-33-25-29(35(3,4)5)15-20-32(33)26(2)42(34(43)41-23-21-40(9)22-24-41)37(8,28-13-18-31(39)19-14-28)36(6,7)27-11-16-30(38)17-12-27/h11-20,25-26H,10,21-24H2,1-9H3. The average Bonchev–Trinajstić information content (AvgIpc) is 2.97. The van der Waals surface area contributed by atoms with Crippen LogP contribution < -0.4 is 4.74 Å². The lowest BCUT2D eigenvalue weighted by Gasteiger charge is -2.55.